The molecule has 0 aliphatic heterocycles. The predicted octanol–water partition coefficient (Wildman–Crippen LogP) is 2.89. The van der Waals surface area contributed by atoms with Gasteiger partial charge in [-0.3, -0.25) is 4.79 Å². The van der Waals surface area contributed by atoms with Gasteiger partial charge in [0.1, 0.15) is 0 Å². The molecule has 0 radical (unpaired) electrons. The van der Waals surface area contributed by atoms with Gasteiger partial charge in [-0.05, 0) is 50.4 Å². The molecule has 0 spiro atoms. The van der Waals surface area contributed by atoms with Crippen LogP contribution in [0, 0.1) is 5.92 Å². The Morgan fingerprint density at radius 2 is 2.10 bits per heavy atom. The average Bonchev–Trinajstić information content (AvgIpc) is 2.48. The van der Waals surface area contributed by atoms with Gasteiger partial charge >= 0.3 is 0 Å². The molecule has 1 fully saturated rings. The minimum absolute atomic E-state index is 0.379. The van der Waals surface area contributed by atoms with Crippen molar-refractivity contribution >= 4 is 27.5 Å². The molecular weight excluding hydrogens is 330 g/mol. The molecular formula is C16H24BrN3O. The average molecular weight is 354 g/mol. The highest BCUT2D eigenvalue weighted by atomic mass is 79.9. The Balaban J connectivity index is 2.40. The molecule has 0 heterocycles. The van der Waals surface area contributed by atoms with E-state index in [1.807, 2.05) is 12.1 Å². The van der Waals surface area contributed by atoms with Gasteiger partial charge < -0.3 is 16.4 Å². The number of carbonyl (C=O) groups is 1. The molecule has 2 unspecified atom stereocenters. The number of primary amides is 1. The van der Waals surface area contributed by atoms with Gasteiger partial charge in [0.2, 0.25) is 0 Å². The van der Waals surface area contributed by atoms with E-state index in [4.69, 9.17) is 11.5 Å². The Kier molecular flexibility index (Phi) is 5.65. The molecule has 1 aliphatic carbocycles. The van der Waals surface area contributed by atoms with E-state index in [9.17, 15) is 4.79 Å². The lowest BCUT2D eigenvalue weighted by Gasteiger charge is -2.41. The summed E-state index contributed by atoms with van der Waals surface area (Å²) < 4.78 is 0.959. The third-order valence-corrected chi connectivity index (χ3v) is 4.94. The van der Waals surface area contributed by atoms with Gasteiger partial charge in [0.25, 0.3) is 5.91 Å². The van der Waals surface area contributed by atoms with Gasteiger partial charge in [0.15, 0.2) is 0 Å². The van der Waals surface area contributed by atoms with Crippen LogP contribution in [0.4, 0.5) is 5.69 Å². The van der Waals surface area contributed by atoms with Gasteiger partial charge in [0, 0.05) is 17.1 Å². The van der Waals surface area contributed by atoms with E-state index in [0.717, 1.165) is 29.5 Å². The minimum Gasteiger partial charge on any atom is -0.368 e. The lowest BCUT2D eigenvalue weighted by atomic mass is 9.83. The second-order valence-electron chi connectivity index (χ2n) is 5.66. The number of anilines is 1. The Morgan fingerprint density at radius 1 is 1.38 bits per heavy atom. The third kappa shape index (κ3) is 3.58. The van der Waals surface area contributed by atoms with Crippen molar-refractivity contribution in [2.24, 2.45) is 17.4 Å². The number of rotatable bonds is 5. The van der Waals surface area contributed by atoms with Crippen LogP contribution in [0.5, 0.6) is 0 Å². The molecule has 2 rings (SSSR count). The molecule has 0 bridgehead atoms. The number of benzene rings is 1. The number of hydrogen-bond donors (Lipinski definition) is 2. The first kappa shape index (κ1) is 16.3. The fourth-order valence-corrected chi connectivity index (χ4v) is 3.76. The summed E-state index contributed by atoms with van der Waals surface area (Å²) in [6.45, 7) is 3.66. The fraction of sp³-hybridized carbons (Fsp3) is 0.562. The maximum Gasteiger partial charge on any atom is 0.250 e. The van der Waals surface area contributed by atoms with E-state index in [1.165, 1.54) is 12.8 Å². The first-order chi connectivity index (χ1) is 10.1. The van der Waals surface area contributed by atoms with Crippen LogP contribution in [0.1, 0.15) is 43.0 Å². The zero-order valence-corrected chi connectivity index (χ0v) is 14.1. The molecule has 1 aliphatic rings. The van der Waals surface area contributed by atoms with Crippen molar-refractivity contribution in [3.05, 3.63) is 28.2 Å². The highest BCUT2D eigenvalue weighted by Crippen LogP contribution is 2.34. The van der Waals surface area contributed by atoms with E-state index in [2.05, 4.69) is 27.8 Å². The maximum absolute atomic E-state index is 11.7. The molecule has 116 valence electrons. The Morgan fingerprint density at radius 3 is 2.71 bits per heavy atom. The van der Waals surface area contributed by atoms with Crippen LogP contribution < -0.4 is 16.4 Å². The quantitative estimate of drug-likeness (QED) is 0.854. The normalized spacial score (nSPS) is 22.0. The van der Waals surface area contributed by atoms with Gasteiger partial charge in [-0.2, -0.15) is 0 Å². The van der Waals surface area contributed by atoms with E-state index in [-0.39, 0.29) is 5.91 Å². The topological polar surface area (TPSA) is 72.3 Å². The van der Waals surface area contributed by atoms with Crippen LogP contribution in [-0.4, -0.2) is 25.0 Å². The molecule has 4 nitrogen and oxygen atoms in total. The van der Waals surface area contributed by atoms with Crippen molar-refractivity contribution in [1.82, 2.24) is 0 Å². The third-order valence-electron chi connectivity index (χ3n) is 4.45. The zero-order valence-electron chi connectivity index (χ0n) is 12.5. The van der Waals surface area contributed by atoms with Crippen molar-refractivity contribution in [3.63, 3.8) is 0 Å². The molecule has 5 heteroatoms. The van der Waals surface area contributed by atoms with Crippen LogP contribution in [0.15, 0.2) is 22.7 Å². The fourth-order valence-electron chi connectivity index (χ4n) is 3.41. The van der Waals surface area contributed by atoms with Gasteiger partial charge in [-0.1, -0.05) is 28.8 Å². The van der Waals surface area contributed by atoms with Crippen molar-refractivity contribution < 1.29 is 4.79 Å². The summed E-state index contributed by atoms with van der Waals surface area (Å²) in [6, 6.07) is 6.04. The lowest BCUT2D eigenvalue weighted by molar-refractivity contribution is 0.100. The molecule has 1 aromatic carbocycles. The van der Waals surface area contributed by atoms with Crippen molar-refractivity contribution in [2.45, 2.75) is 38.6 Å². The minimum atomic E-state index is -0.379. The first-order valence-corrected chi connectivity index (χ1v) is 8.43. The molecule has 1 saturated carbocycles. The largest absolute Gasteiger partial charge is 0.368 e. The highest BCUT2D eigenvalue weighted by Gasteiger charge is 2.30. The second-order valence-corrected chi connectivity index (χ2v) is 6.57. The zero-order chi connectivity index (χ0) is 15.4. The monoisotopic (exact) mass is 353 g/mol. The Labute approximate surface area is 135 Å². The molecule has 21 heavy (non-hydrogen) atoms. The number of nitrogens with two attached hydrogens (primary N) is 2. The Hall–Kier alpha value is -1.07. The standard InChI is InChI=1S/C16H24BrN3O/c1-2-20(14-6-4-3-5-11(14)10-18)15-9-12(17)7-8-13(15)16(19)21/h7-9,11,14H,2-6,10,18H2,1H3,(H2,19,21). The van der Waals surface area contributed by atoms with Crippen LogP contribution in [-0.2, 0) is 0 Å². The summed E-state index contributed by atoms with van der Waals surface area (Å²) in [5.74, 6) is 0.106. The lowest BCUT2D eigenvalue weighted by Crippen LogP contribution is -2.46. The summed E-state index contributed by atoms with van der Waals surface area (Å²) in [4.78, 5) is 14.0. The molecule has 0 saturated heterocycles. The Bertz CT molecular complexity index is 506. The SMILES string of the molecule is CCN(c1cc(Br)ccc1C(N)=O)C1CCCCC1CN. The van der Waals surface area contributed by atoms with Crippen LogP contribution >= 0.6 is 15.9 Å². The second kappa shape index (κ2) is 7.27. The molecule has 1 aromatic rings. The highest BCUT2D eigenvalue weighted by molar-refractivity contribution is 9.10. The van der Waals surface area contributed by atoms with Crippen LogP contribution in [0.3, 0.4) is 0 Å². The number of carbonyl (C=O) groups excluding carboxylic acids is 1. The van der Waals surface area contributed by atoms with Gasteiger partial charge in [0.05, 0.1) is 11.3 Å². The summed E-state index contributed by atoms with van der Waals surface area (Å²) in [6.07, 6.45) is 4.76. The number of nitrogens with zero attached hydrogens (tertiary/aromatic N) is 1. The summed E-state index contributed by atoms with van der Waals surface area (Å²) in [7, 11) is 0. The molecule has 0 aromatic heterocycles. The van der Waals surface area contributed by atoms with E-state index in [0.29, 0.717) is 24.1 Å². The number of amides is 1. The summed E-state index contributed by atoms with van der Waals surface area (Å²) >= 11 is 3.50. The smallest absolute Gasteiger partial charge is 0.250 e. The van der Waals surface area contributed by atoms with E-state index >= 15 is 0 Å². The predicted molar refractivity (Wildman–Crippen MR) is 90.5 cm³/mol. The van der Waals surface area contributed by atoms with Crippen molar-refractivity contribution in [3.8, 4) is 0 Å². The van der Waals surface area contributed by atoms with E-state index < -0.39 is 0 Å². The van der Waals surface area contributed by atoms with Gasteiger partial charge in [-0.25, -0.2) is 0 Å². The molecule has 4 N–H and O–H groups in total. The van der Waals surface area contributed by atoms with Gasteiger partial charge in [-0.15, -0.1) is 0 Å². The number of halogens is 1. The van der Waals surface area contributed by atoms with Crippen molar-refractivity contribution in [2.75, 3.05) is 18.0 Å². The summed E-state index contributed by atoms with van der Waals surface area (Å²) in [5.41, 5.74) is 13.0. The summed E-state index contributed by atoms with van der Waals surface area (Å²) in [5, 5.41) is 0. The molecule has 1 amide bonds. The van der Waals surface area contributed by atoms with Crippen molar-refractivity contribution in [1.29, 1.82) is 0 Å². The van der Waals surface area contributed by atoms with Crippen LogP contribution in [0.25, 0.3) is 0 Å². The van der Waals surface area contributed by atoms with E-state index in [1.54, 1.807) is 6.07 Å². The number of hydrogen-bond acceptors (Lipinski definition) is 3. The maximum atomic E-state index is 11.7. The first-order valence-electron chi connectivity index (χ1n) is 7.64. The van der Waals surface area contributed by atoms with Crippen LogP contribution in [0.2, 0.25) is 0 Å². The molecule has 2 atom stereocenters.